The second kappa shape index (κ2) is 4.96. The molecule has 1 amide bonds. The van der Waals surface area contributed by atoms with Crippen LogP contribution in [0.5, 0.6) is 0 Å². The van der Waals surface area contributed by atoms with E-state index < -0.39 is 0 Å². The van der Waals surface area contributed by atoms with Crippen molar-refractivity contribution >= 4 is 23.5 Å². The molecule has 0 aliphatic heterocycles. The van der Waals surface area contributed by atoms with E-state index in [1.807, 2.05) is 11.8 Å². The van der Waals surface area contributed by atoms with Crippen LogP contribution >= 0.6 is 11.8 Å². The van der Waals surface area contributed by atoms with Gasteiger partial charge in [-0.15, -0.1) is 0 Å². The van der Waals surface area contributed by atoms with E-state index >= 15 is 0 Å². The molecule has 2 rings (SSSR count). The van der Waals surface area contributed by atoms with Gasteiger partial charge in [-0.05, 0) is 31.2 Å². The quantitative estimate of drug-likeness (QED) is 0.837. The molecule has 1 heterocycles. The first-order chi connectivity index (χ1) is 8.21. The Morgan fingerprint density at radius 2 is 2.35 bits per heavy atom. The Kier molecular flexibility index (Phi) is 3.57. The van der Waals surface area contributed by atoms with Crippen LogP contribution in [0.1, 0.15) is 23.2 Å². The maximum absolute atomic E-state index is 11.6. The third-order valence-corrected chi connectivity index (χ3v) is 4.52. The summed E-state index contributed by atoms with van der Waals surface area (Å²) in [6.07, 6.45) is 6.31. The summed E-state index contributed by atoms with van der Waals surface area (Å²) < 4.78 is 0.359. The third-order valence-electron chi connectivity index (χ3n) is 3.10. The molecule has 1 fully saturated rings. The summed E-state index contributed by atoms with van der Waals surface area (Å²) in [5, 5.41) is 5.91. The van der Waals surface area contributed by atoms with Crippen molar-refractivity contribution in [1.82, 2.24) is 10.3 Å². The fraction of sp³-hybridized carbons (Fsp3) is 0.500. The third kappa shape index (κ3) is 2.72. The van der Waals surface area contributed by atoms with Gasteiger partial charge >= 0.3 is 0 Å². The summed E-state index contributed by atoms with van der Waals surface area (Å²) in [5.41, 5.74) is 0.604. The summed E-state index contributed by atoms with van der Waals surface area (Å²) in [6, 6.07) is 3.56. The van der Waals surface area contributed by atoms with Crippen molar-refractivity contribution in [2.75, 3.05) is 25.2 Å². The number of carbonyl (C=O) groups is 1. The number of nitrogens with one attached hydrogen (secondary N) is 2. The molecule has 1 aromatic heterocycles. The van der Waals surface area contributed by atoms with Gasteiger partial charge in [-0.3, -0.25) is 4.79 Å². The summed E-state index contributed by atoms with van der Waals surface area (Å²) in [6.45, 7) is 0.870. The topological polar surface area (TPSA) is 54.0 Å². The summed E-state index contributed by atoms with van der Waals surface area (Å²) in [4.78, 5) is 15.9. The van der Waals surface area contributed by atoms with Gasteiger partial charge < -0.3 is 10.6 Å². The van der Waals surface area contributed by atoms with Crippen molar-refractivity contribution in [2.24, 2.45) is 0 Å². The van der Waals surface area contributed by atoms with Gasteiger partial charge in [0.05, 0.1) is 5.56 Å². The number of thioether (sulfide) groups is 1. The van der Waals surface area contributed by atoms with Crippen LogP contribution in [0.15, 0.2) is 18.3 Å². The van der Waals surface area contributed by atoms with Gasteiger partial charge in [-0.2, -0.15) is 11.8 Å². The standard InChI is InChI=1S/C12H17N3OS/c1-13-11(16)9-4-3-7-14-10(9)15-8-12(17-2)5-6-12/h3-4,7H,5-6,8H2,1-2H3,(H,13,16)(H,14,15). The number of aromatic nitrogens is 1. The maximum atomic E-state index is 11.6. The molecule has 0 radical (unpaired) electrons. The predicted molar refractivity (Wildman–Crippen MR) is 71.6 cm³/mol. The van der Waals surface area contributed by atoms with E-state index in [2.05, 4.69) is 21.9 Å². The second-order valence-corrected chi connectivity index (χ2v) is 5.49. The molecule has 1 aliphatic rings. The molecule has 1 aromatic rings. The molecule has 2 N–H and O–H groups in total. The lowest BCUT2D eigenvalue weighted by Gasteiger charge is -2.15. The van der Waals surface area contributed by atoms with E-state index in [-0.39, 0.29) is 5.91 Å². The first kappa shape index (κ1) is 12.2. The van der Waals surface area contributed by atoms with Crippen molar-refractivity contribution in [3.05, 3.63) is 23.9 Å². The van der Waals surface area contributed by atoms with Crippen molar-refractivity contribution in [3.8, 4) is 0 Å². The number of amides is 1. The molecule has 0 bridgehead atoms. The van der Waals surface area contributed by atoms with Gasteiger partial charge in [-0.1, -0.05) is 0 Å². The number of carbonyl (C=O) groups excluding carboxylic acids is 1. The lowest BCUT2D eigenvalue weighted by molar-refractivity contribution is 0.0963. The van der Waals surface area contributed by atoms with Crippen LogP contribution in [0.4, 0.5) is 5.82 Å². The average molecular weight is 251 g/mol. The van der Waals surface area contributed by atoms with Crippen LogP contribution < -0.4 is 10.6 Å². The number of rotatable bonds is 5. The van der Waals surface area contributed by atoms with Crippen LogP contribution in [0.3, 0.4) is 0 Å². The molecule has 0 saturated heterocycles. The highest BCUT2D eigenvalue weighted by molar-refractivity contribution is 8.00. The van der Waals surface area contributed by atoms with Gasteiger partial charge in [0, 0.05) is 24.5 Å². The Morgan fingerprint density at radius 3 is 2.94 bits per heavy atom. The van der Waals surface area contributed by atoms with E-state index in [9.17, 15) is 4.79 Å². The number of hydrogen-bond donors (Lipinski definition) is 2. The van der Waals surface area contributed by atoms with E-state index in [4.69, 9.17) is 0 Å². The minimum atomic E-state index is -0.102. The Balaban J connectivity index is 2.07. The molecule has 4 nitrogen and oxygen atoms in total. The van der Waals surface area contributed by atoms with Crippen molar-refractivity contribution in [3.63, 3.8) is 0 Å². The van der Waals surface area contributed by atoms with Crippen molar-refractivity contribution < 1.29 is 4.79 Å². The van der Waals surface area contributed by atoms with Crippen molar-refractivity contribution in [1.29, 1.82) is 0 Å². The molecule has 5 heteroatoms. The Morgan fingerprint density at radius 1 is 1.59 bits per heavy atom. The monoisotopic (exact) mass is 251 g/mol. The largest absolute Gasteiger partial charge is 0.368 e. The Bertz CT molecular complexity index is 418. The first-order valence-electron chi connectivity index (χ1n) is 5.67. The molecule has 92 valence electrons. The van der Waals surface area contributed by atoms with E-state index in [1.54, 1.807) is 25.4 Å². The van der Waals surface area contributed by atoms with E-state index in [0.29, 0.717) is 16.1 Å². The number of nitrogens with zero attached hydrogens (tertiary/aromatic N) is 1. The molecule has 1 aliphatic carbocycles. The first-order valence-corrected chi connectivity index (χ1v) is 6.89. The fourth-order valence-electron chi connectivity index (χ4n) is 1.70. The number of anilines is 1. The normalized spacial score (nSPS) is 16.4. The fourth-order valence-corrected chi connectivity index (χ4v) is 2.43. The molecule has 0 aromatic carbocycles. The molecular weight excluding hydrogens is 234 g/mol. The van der Waals surface area contributed by atoms with Gasteiger partial charge in [-0.25, -0.2) is 4.98 Å². The lowest BCUT2D eigenvalue weighted by atomic mass is 10.2. The maximum Gasteiger partial charge on any atom is 0.254 e. The van der Waals surface area contributed by atoms with Crippen LogP contribution in [-0.4, -0.2) is 35.5 Å². The molecule has 0 spiro atoms. The highest BCUT2D eigenvalue weighted by Crippen LogP contribution is 2.47. The average Bonchev–Trinajstić information content (AvgIpc) is 3.16. The summed E-state index contributed by atoms with van der Waals surface area (Å²) in [5.74, 6) is 0.571. The van der Waals surface area contributed by atoms with Crippen LogP contribution in [0.25, 0.3) is 0 Å². The Hall–Kier alpha value is -1.23. The minimum Gasteiger partial charge on any atom is -0.368 e. The van der Waals surface area contributed by atoms with Crippen LogP contribution in [0.2, 0.25) is 0 Å². The second-order valence-electron chi connectivity index (χ2n) is 4.22. The minimum absolute atomic E-state index is 0.102. The summed E-state index contributed by atoms with van der Waals surface area (Å²) >= 11 is 1.89. The predicted octanol–water partition coefficient (Wildman–Crippen LogP) is 1.75. The zero-order chi connectivity index (χ0) is 12.3. The van der Waals surface area contributed by atoms with Crippen LogP contribution in [0, 0.1) is 0 Å². The molecule has 0 unspecified atom stereocenters. The number of pyridine rings is 1. The lowest BCUT2D eigenvalue weighted by Crippen LogP contribution is -2.23. The zero-order valence-electron chi connectivity index (χ0n) is 10.1. The zero-order valence-corrected chi connectivity index (χ0v) is 10.9. The van der Waals surface area contributed by atoms with E-state index in [0.717, 1.165) is 6.54 Å². The van der Waals surface area contributed by atoms with Gasteiger partial charge in [0.1, 0.15) is 5.82 Å². The van der Waals surface area contributed by atoms with E-state index in [1.165, 1.54) is 12.8 Å². The SMILES string of the molecule is CNC(=O)c1cccnc1NCC1(SC)CC1. The molecule has 17 heavy (non-hydrogen) atoms. The highest BCUT2D eigenvalue weighted by Gasteiger charge is 2.41. The van der Waals surface area contributed by atoms with Crippen molar-refractivity contribution in [2.45, 2.75) is 17.6 Å². The Labute approximate surface area is 106 Å². The number of hydrogen-bond acceptors (Lipinski definition) is 4. The van der Waals surface area contributed by atoms with Gasteiger partial charge in [0.2, 0.25) is 0 Å². The molecular formula is C12H17N3OS. The smallest absolute Gasteiger partial charge is 0.254 e. The molecule has 0 atom stereocenters. The van der Waals surface area contributed by atoms with Gasteiger partial charge in [0.15, 0.2) is 0 Å². The molecule has 1 saturated carbocycles. The summed E-state index contributed by atoms with van der Waals surface area (Å²) in [7, 11) is 1.63. The van der Waals surface area contributed by atoms with Crippen LogP contribution in [-0.2, 0) is 0 Å². The van der Waals surface area contributed by atoms with Gasteiger partial charge in [0.25, 0.3) is 5.91 Å². The highest BCUT2D eigenvalue weighted by atomic mass is 32.2.